The average Bonchev–Trinajstić information content (AvgIpc) is 3.03. The predicted octanol–water partition coefficient (Wildman–Crippen LogP) is 3.18. The van der Waals surface area contributed by atoms with Crippen molar-refractivity contribution < 1.29 is 13.2 Å². The van der Waals surface area contributed by atoms with E-state index in [1.165, 1.54) is 17.7 Å². The van der Waals surface area contributed by atoms with Gasteiger partial charge in [-0.15, -0.1) is 0 Å². The predicted molar refractivity (Wildman–Crippen MR) is 67.6 cm³/mol. The van der Waals surface area contributed by atoms with Crippen molar-refractivity contribution >= 4 is 0 Å². The van der Waals surface area contributed by atoms with Gasteiger partial charge in [-0.05, 0) is 52.6 Å². The van der Waals surface area contributed by atoms with Crippen LogP contribution in [0.1, 0.15) is 46.0 Å². The highest BCUT2D eigenvalue weighted by Gasteiger charge is 2.31. The number of nitrogens with one attached hydrogen (secondary N) is 1. The summed E-state index contributed by atoms with van der Waals surface area (Å²) in [5.74, 6) is 0. The molecule has 18 heavy (non-hydrogen) atoms. The first-order valence-corrected chi connectivity index (χ1v) is 6.92. The molecule has 0 atom stereocenters. The van der Waals surface area contributed by atoms with Gasteiger partial charge in [-0.1, -0.05) is 6.42 Å². The second-order valence-corrected chi connectivity index (χ2v) is 5.47. The first kappa shape index (κ1) is 15.8. The molecular formula is C13H25F3N2. The van der Waals surface area contributed by atoms with Crippen molar-refractivity contribution in [3.63, 3.8) is 0 Å². The number of unbranched alkanes of at least 4 members (excludes halogenated alkanes) is 2. The highest BCUT2D eigenvalue weighted by atomic mass is 19.4. The Hall–Kier alpha value is -0.290. The maximum atomic E-state index is 12.3. The van der Waals surface area contributed by atoms with Crippen LogP contribution < -0.4 is 5.32 Å². The molecule has 108 valence electrons. The summed E-state index contributed by atoms with van der Waals surface area (Å²) >= 11 is 0. The molecule has 0 aromatic carbocycles. The Labute approximate surface area is 108 Å². The number of rotatable bonds is 9. The molecule has 1 aliphatic carbocycles. The molecule has 0 heterocycles. The second kappa shape index (κ2) is 7.34. The van der Waals surface area contributed by atoms with Gasteiger partial charge < -0.3 is 5.32 Å². The Bertz CT molecular complexity index is 225. The van der Waals surface area contributed by atoms with Gasteiger partial charge in [0, 0.05) is 12.1 Å². The molecule has 0 amide bonds. The molecule has 1 saturated carbocycles. The lowest BCUT2D eigenvalue weighted by atomic mass is 10.2. The Kier molecular flexibility index (Phi) is 6.43. The minimum absolute atomic E-state index is 0.0452. The van der Waals surface area contributed by atoms with Gasteiger partial charge in [0.25, 0.3) is 0 Å². The molecule has 0 aromatic heterocycles. The quantitative estimate of drug-likeness (QED) is 0.645. The normalized spacial score (nSPS) is 16.8. The van der Waals surface area contributed by atoms with Crippen LogP contribution in [0.5, 0.6) is 0 Å². The minimum Gasteiger partial charge on any atom is -0.314 e. The molecule has 1 rings (SSSR count). The Balaban J connectivity index is 2.04. The van der Waals surface area contributed by atoms with E-state index in [0.29, 0.717) is 6.54 Å². The van der Waals surface area contributed by atoms with Crippen molar-refractivity contribution in [1.29, 1.82) is 0 Å². The van der Waals surface area contributed by atoms with Crippen molar-refractivity contribution in [2.24, 2.45) is 0 Å². The maximum Gasteiger partial charge on any atom is 0.401 e. The van der Waals surface area contributed by atoms with E-state index < -0.39 is 12.7 Å². The third-order valence-corrected chi connectivity index (χ3v) is 3.25. The van der Waals surface area contributed by atoms with Crippen LogP contribution in [0.4, 0.5) is 13.2 Å². The molecule has 5 heteroatoms. The van der Waals surface area contributed by atoms with Crippen LogP contribution in [0, 0.1) is 0 Å². The molecule has 0 saturated heterocycles. The van der Waals surface area contributed by atoms with Gasteiger partial charge in [0.2, 0.25) is 0 Å². The SMILES string of the molecule is CC(C)N(CCCCCNC1CC1)CC(F)(F)F. The van der Waals surface area contributed by atoms with E-state index in [1.54, 1.807) is 0 Å². The van der Waals surface area contributed by atoms with E-state index >= 15 is 0 Å². The lowest BCUT2D eigenvalue weighted by Gasteiger charge is -2.27. The molecule has 0 radical (unpaired) electrons. The fourth-order valence-corrected chi connectivity index (χ4v) is 1.96. The second-order valence-electron chi connectivity index (χ2n) is 5.47. The fourth-order valence-electron chi connectivity index (χ4n) is 1.96. The van der Waals surface area contributed by atoms with Crippen molar-refractivity contribution in [1.82, 2.24) is 10.2 Å². The summed E-state index contributed by atoms with van der Waals surface area (Å²) < 4.78 is 37.0. The molecule has 1 aliphatic rings. The molecular weight excluding hydrogens is 241 g/mol. The highest BCUT2D eigenvalue weighted by Crippen LogP contribution is 2.19. The number of hydrogen-bond donors (Lipinski definition) is 1. The summed E-state index contributed by atoms with van der Waals surface area (Å²) in [6, 6.07) is 0.679. The summed E-state index contributed by atoms with van der Waals surface area (Å²) in [6.45, 7) is 4.40. The van der Waals surface area contributed by atoms with E-state index in [1.807, 2.05) is 13.8 Å². The van der Waals surface area contributed by atoms with Gasteiger partial charge in [-0.2, -0.15) is 13.2 Å². The maximum absolute atomic E-state index is 12.3. The number of alkyl halides is 3. The first-order chi connectivity index (χ1) is 8.38. The van der Waals surface area contributed by atoms with Crippen molar-refractivity contribution in [3.8, 4) is 0 Å². The molecule has 0 spiro atoms. The molecule has 0 aliphatic heterocycles. The van der Waals surface area contributed by atoms with Gasteiger partial charge in [0.1, 0.15) is 0 Å². The van der Waals surface area contributed by atoms with Crippen molar-refractivity contribution in [2.75, 3.05) is 19.6 Å². The summed E-state index contributed by atoms with van der Waals surface area (Å²) in [6.07, 6.45) is 1.40. The highest BCUT2D eigenvalue weighted by molar-refractivity contribution is 4.80. The van der Waals surface area contributed by atoms with Crippen molar-refractivity contribution in [2.45, 2.75) is 64.2 Å². The van der Waals surface area contributed by atoms with Crippen LogP contribution in [0.2, 0.25) is 0 Å². The van der Waals surface area contributed by atoms with Gasteiger partial charge in [0.15, 0.2) is 0 Å². The Morgan fingerprint density at radius 1 is 1.17 bits per heavy atom. The first-order valence-electron chi connectivity index (χ1n) is 6.92. The largest absolute Gasteiger partial charge is 0.401 e. The zero-order valence-electron chi connectivity index (χ0n) is 11.4. The van der Waals surface area contributed by atoms with Crippen LogP contribution in [-0.2, 0) is 0 Å². The number of hydrogen-bond acceptors (Lipinski definition) is 2. The summed E-state index contributed by atoms with van der Waals surface area (Å²) in [5.41, 5.74) is 0. The van der Waals surface area contributed by atoms with Crippen LogP contribution in [0.3, 0.4) is 0 Å². The Morgan fingerprint density at radius 2 is 1.83 bits per heavy atom. The minimum atomic E-state index is -4.09. The zero-order valence-corrected chi connectivity index (χ0v) is 11.4. The molecule has 0 unspecified atom stereocenters. The lowest BCUT2D eigenvalue weighted by Crippen LogP contribution is -2.39. The average molecular weight is 266 g/mol. The van der Waals surface area contributed by atoms with E-state index in [0.717, 1.165) is 31.8 Å². The van der Waals surface area contributed by atoms with E-state index in [2.05, 4.69) is 5.32 Å². The van der Waals surface area contributed by atoms with Crippen LogP contribution in [0.15, 0.2) is 0 Å². The summed E-state index contributed by atoms with van der Waals surface area (Å²) in [5, 5.41) is 3.41. The van der Waals surface area contributed by atoms with Gasteiger partial charge >= 0.3 is 6.18 Å². The van der Waals surface area contributed by atoms with Gasteiger partial charge in [-0.25, -0.2) is 0 Å². The van der Waals surface area contributed by atoms with Gasteiger partial charge in [-0.3, -0.25) is 4.90 Å². The molecule has 1 fully saturated rings. The molecule has 0 bridgehead atoms. The molecule has 2 nitrogen and oxygen atoms in total. The molecule has 0 aromatic rings. The van der Waals surface area contributed by atoms with Crippen molar-refractivity contribution in [3.05, 3.63) is 0 Å². The summed E-state index contributed by atoms with van der Waals surface area (Å²) in [4.78, 5) is 1.51. The smallest absolute Gasteiger partial charge is 0.314 e. The van der Waals surface area contributed by atoms with Crippen LogP contribution >= 0.6 is 0 Å². The van der Waals surface area contributed by atoms with Crippen LogP contribution in [0.25, 0.3) is 0 Å². The van der Waals surface area contributed by atoms with E-state index in [-0.39, 0.29) is 6.04 Å². The third-order valence-electron chi connectivity index (χ3n) is 3.25. The monoisotopic (exact) mass is 266 g/mol. The summed E-state index contributed by atoms with van der Waals surface area (Å²) in [7, 11) is 0. The standard InChI is InChI=1S/C13H25F3N2/c1-11(2)18(10-13(14,15)16)9-5-3-4-8-17-12-6-7-12/h11-12,17H,3-10H2,1-2H3. The zero-order chi connectivity index (χ0) is 13.6. The number of halogens is 3. The topological polar surface area (TPSA) is 15.3 Å². The van der Waals surface area contributed by atoms with Crippen LogP contribution in [-0.4, -0.2) is 42.8 Å². The van der Waals surface area contributed by atoms with E-state index in [4.69, 9.17) is 0 Å². The number of nitrogens with zero attached hydrogens (tertiary/aromatic N) is 1. The molecule has 1 N–H and O–H groups in total. The third kappa shape index (κ3) is 7.93. The fraction of sp³-hybridized carbons (Fsp3) is 1.00. The Morgan fingerprint density at radius 3 is 2.33 bits per heavy atom. The van der Waals surface area contributed by atoms with E-state index in [9.17, 15) is 13.2 Å². The lowest BCUT2D eigenvalue weighted by molar-refractivity contribution is -0.149. The van der Waals surface area contributed by atoms with Gasteiger partial charge in [0.05, 0.1) is 6.54 Å².